The Morgan fingerprint density at radius 2 is 1.66 bits per heavy atom. The molecule has 4 rings (SSSR count). The Kier molecular flexibility index (Phi) is 16.8. The van der Waals surface area contributed by atoms with Crippen molar-refractivity contribution >= 4 is 23.4 Å². The van der Waals surface area contributed by atoms with Crippen molar-refractivity contribution in [2.24, 2.45) is 29.6 Å². The zero-order valence-electron chi connectivity index (χ0n) is 34.8. The molecule has 3 aliphatic heterocycles. The number of nitrogens with zero attached hydrogens (tertiary/aromatic N) is 1. The van der Waals surface area contributed by atoms with Gasteiger partial charge in [-0.25, -0.2) is 4.79 Å². The molecule has 12 heteroatoms. The molecule has 2 saturated heterocycles. The van der Waals surface area contributed by atoms with Crippen LogP contribution in [0.4, 0.5) is 0 Å². The molecule has 0 spiro atoms. The highest BCUT2D eigenvalue weighted by atomic mass is 16.7. The highest BCUT2D eigenvalue weighted by Gasteiger charge is 2.56. The Morgan fingerprint density at radius 3 is 2.32 bits per heavy atom. The first kappa shape index (κ1) is 45.7. The van der Waals surface area contributed by atoms with Crippen molar-refractivity contribution in [3.05, 3.63) is 48.1 Å². The lowest BCUT2D eigenvalue weighted by Crippen LogP contribution is -2.64. The van der Waals surface area contributed by atoms with E-state index < -0.39 is 77.8 Å². The summed E-state index contributed by atoms with van der Waals surface area (Å²) in [6, 6.07) is -1.08. The number of piperidine rings is 1. The predicted octanol–water partition coefficient (Wildman–Crippen LogP) is 5.44. The van der Waals surface area contributed by atoms with Crippen LogP contribution >= 0.6 is 0 Å². The Balaban J connectivity index is 1.78. The molecule has 56 heavy (non-hydrogen) atoms. The quantitative estimate of drug-likeness (QED) is 0.192. The fourth-order valence-electron chi connectivity index (χ4n) is 9.12. The predicted molar refractivity (Wildman–Crippen MR) is 211 cm³/mol. The molecule has 0 aromatic heterocycles. The van der Waals surface area contributed by atoms with Gasteiger partial charge in [-0.3, -0.25) is 14.4 Å². The van der Waals surface area contributed by atoms with Crippen molar-refractivity contribution in [2.75, 3.05) is 27.9 Å². The van der Waals surface area contributed by atoms with E-state index in [0.717, 1.165) is 17.6 Å². The third kappa shape index (κ3) is 10.9. The summed E-state index contributed by atoms with van der Waals surface area (Å²) < 4.78 is 29.8. The highest BCUT2D eigenvalue weighted by molar-refractivity contribution is 6.39. The molecular weight excluding hydrogens is 718 g/mol. The number of amides is 1. The van der Waals surface area contributed by atoms with Crippen LogP contribution < -0.4 is 0 Å². The summed E-state index contributed by atoms with van der Waals surface area (Å²) in [4.78, 5) is 57.6. The van der Waals surface area contributed by atoms with E-state index in [9.17, 15) is 29.4 Å². The van der Waals surface area contributed by atoms with Crippen LogP contribution in [0.15, 0.2) is 48.1 Å². The maximum atomic E-state index is 14.3. The van der Waals surface area contributed by atoms with Gasteiger partial charge in [0.15, 0.2) is 5.78 Å². The molecule has 0 aromatic rings. The number of ether oxygens (including phenoxy) is 5. The summed E-state index contributed by atoms with van der Waals surface area (Å²) in [6.07, 6.45) is 10.5. The number of ketones is 2. The van der Waals surface area contributed by atoms with Crippen LogP contribution in [0.3, 0.4) is 0 Å². The molecule has 13 unspecified atom stereocenters. The van der Waals surface area contributed by atoms with Gasteiger partial charge in [-0.05, 0) is 102 Å². The van der Waals surface area contributed by atoms with Gasteiger partial charge >= 0.3 is 5.97 Å². The van der Waals surface area contributed by atoms with Crippen molar-refractivity contribution in [1.29, 1.82) is 0 Å². The summed E-state index contributed by atoms with van der Waals surface area (Å²) in [6.45, 7) is 13.5. The lowest BCUT2D eigenvalue weighted by Gasteiger charge is -2.47. The minimum Gasteiger partial charge on any atom is -0.456 e. The number of esters is 1. The zero-order valence-corrected chi connectivity index (χ0v) is 34.8. The molecule has 3 fully saturated rings. The van der Waals surface area contributed by atoms with Gasteiger partial charge in [-0.2, -0.15) is 0 Å². The highest BCUT2D eigenvalue weighted by Crippen LogP contribution is 2.39. The number of hydrogen-bond acceptors (Lipinski definition) is 11. The third-order valence-corrected chi connectivity index (χ3v) is 12.4. The fraction of sp³-hybridized carbons (Fsp3) is 0.727. The summed E-state index contributed by atoms with van der Waals surface area (Å²) in [7, 11) is 4.66. The van der Waals surface area contributed by atoms with E-state index in [1.54, 1.807) is 32.3 Å². The molecular formula is C44H67NO11. The molecule has 4 aliphatic rings. The van der Waals surface area contributed by atoms with Gasteiger partial charge in [0.1, 0.15) is 18.2 Å². The third-order valence-electron chi connectivity index (χ3n) is 12.4. The van der Waals surface area contributed by atoms with Crippen LogP contribution in [0.5, 0.6) is 0 Å². The average molecular weight is 786 g/mol. The molecule has 1 saturated carbocycles. The number of fused-ring (bicyclic) bond motifs is 3. The Bertz CT molecular complexity index is 1490. The van der Waals surface area contributed by atoms with Crippen molar-refractivity contribution in [2.45, 2.75) is 147 Å². The molecule has 1 amide bonds. The molecule has 13 atom stereocenters. The number of aliphatic hydroxyl groups is 2. The van der Waals surface area contributed by atoms with Gasteiger partial charge in [-0.15, -0.1) is 6.58 Å². The zero-order chi connectivity index (χ0) is 41.3. The van der Waals surface area contributed by atoms with Crippen LogP contribution in [-0.2, 0) is 42.9 Å². The summed E-state index contributed by atoms with van der Waals surface area (Å²) in [5, 5.41) is 22.4. The number of allylic oxidation sites excluding steroid dienone is 5. The second kappa shape index (κ2) is 20.6. The Morgan fingerprint density at radius 1 is 0.982 bits per heavy atom. The van der Waals surface area contributed by atoms with E-state index in [1.807, 2.05) is 26.8 Å². The standard InChI is InChI=1S/C44H67NO11/c1-10-13-32-21-26(2)20-27(3)22-37(53-8)40-38(54-9)24-30(6)44(51,56-40)41(48)42(49)45-19-12-11-14-33(45)43(50)55-39(28(4)15-17-34(32)46)29(5)23-31-16-18-35(47)36(25-31)52-7/h10,15,17,21,23,27-28,30-33,35-40,47,51H,1,11-14,16,18-20,22,24-25H2,2-9H3/b17-15-,26-21-,29-23+. The number of Topliss-reactive ketones (excluding diaryl/α,β-unsaturated/α-hetero) is 1. The second-order valence-electron chi connectivity index (χ2n) is 16.8. The molecule has 2 N–H and O–H groups in total. The number of carbonyl (C=O) groups is 4. The number of aliphatic hydroxyl groups excluding tert-OH is 1. The Hall–Kier alpha value is -3.00. The molecule has 314 valence electrons. The van der Waals surface area contributed by atoms with Crippen molar-refractivity contribution in [3.8, 4) is 0 Å². The summed E-state index contributed by atoms with van der Waals surface area (Å²) in [5.41, 5.74) is 1.77. The summed E-state index contributed by atoms with van der Waals surface area (Å²) in [5.74, 6) is -7.00. The van der Waals surface area contributed by atoms with Gasteiger partial charge < -0.3 is 38.8 Å². The van der Waals surface area contributed by atoms with Crippen molar-refractivity contribution in [3.63, 3.8) is 0 Å². The molecule has 12 nitrogen and oxygen atoms in total. The first-order valence-corrected chi connectivity index (χ1v) is 20.5. The number of methoxy groups -OCH3 is 3. The Labute approximate surface area is 333 Å². The molecule has 1 aliphatic carbocycles. The molecule has 3 heterocycles. The van der Waals surface area contributed by atoms with Gasteiger partial charge in [0.2, 0.25) is 5.79 Å². The van der Waals surface area contributed by atoms with E-state index >= 15 is 0 Å². The minimum absolute atomic E-state index is 0.0469. The maximum absolute atomic E-state index is 14.3. The molecule has 2 bridgehead atoms. The van der Waals surface area contributed by atoms with Crippen molar-refractivity contribution in [1.82, 2.24) is 4.90 Å². The SMILES string of the molecule is C=CCC1/C=C(/C)CC(C)CC(OC)C2OC(O)(C(=O)C(=O)N3CCCCC3C(=O)OC(/C(C)=C/C3CCC(O)C(OC)C3)C(C)/C=C\C1=O)C(C)CC2OC. The van der Waals surface area contributed by atoms with E-state index in [2.05, 4.69) is 19.6 Å². The lowest BCUT2D eigenvalue weighted by atomic mass is 9.82. The van der Waals surface area contributed by atoms with E-state index in [0.29, 0.717) is 44.9 Å². The number of carbonyl (C=O) groups excluding carboxylic acids is 4. The normalized spacial score (nSPS) is 40.4. The fourth-order valence-corrected chi connectivity index (χ4v) is 9.12. The monoisotopic (exact) mass is 785 g/mol. The maximum Gasteiger partial charge on any atom is 0.329 e. The first-order chi connectivity index (χ1) is 26.6. The first-order valence-electron chi connectivity index (χ1n) is 20.5. The van der Waals surface area contributed by atoms with Gasteiger partial charge in [-0.1, -0.05) is 50.6 Å². The topological polar surface area (TPSA) is 158 Å². The summed E-state index contributed by atoms with van der Waals surface area (Å²) >= 11 is 0. The van der Waals surface area contributed by atoms with Crippen LogP contribution in [0, 0.1) is 29.6 Å². The second-order valence-corrected chi connectivity index (χ2v) is 16.8. The minimum atomic E-state index is -2.48. The molecule has 0 radical (unpaired) electrons. The van der Waals surface area contributed by atoms with Crippen LogP contribution in [0.25, 0.3) is 0 Å². The average Bonchev–Trinajstić information content (AvgIpc) is 3.18. The number of rotatable bonds is 7. The van der Waals surface area contributed by atoms with Crippen LogP contribution in [0.2, 0.25) is 0 Å². The van der Waals surface area contributed by atoms with Gasteiger partial charge in [0, 0.05) is 45.6 Å². The van der Waals surface area contributed by atoms with Crippen molar-refractivity contribution < 1.29 is 53.1 Å². The van der Waals surface area contributed by atoms with Gasteiger partial charge in [0.05, 0.1) is 24.4 Å². The molecule has 0 aromatic carbocycles. The van der Waals surface area contributed by atoms with E-state index in [4.69, 9.17) is 23.7 Å². The smallest absolute Gasteiger partial charge is 0.329 e. The number of hydrogen-bond donors (Lipinski definition) is 2. The van der Waals surface area contributed by atoms with Crippen LogP contribution in [0.1, 0.15) is 98.8 Å². The lowest BCUT2D eigenvalue weighted by molar-refractivity contribution is -0.302. The van der Waals surface area contributed by atoms with Gasteiger partial charge in [0.25, 0.3) is 11.7 Å². The van der Waals surface area contributed by atoms with E-state index in [-0.39, 0.29) is 43.1 Å². The van der Waals surface area contributed by atoms with Crippen LogP contribution in [-0.4, -0.2) is 115 Å². The van der Waals surface area contributed by atoms with E-state index in [1.165, 1.54) is 19.1 Å². The largest absolute Gasteiger partial charge is 0.456 e. The number of cyclic esters (lactones) is 1.